The number of methoxy groups -OCH3 is 1. The van der Waals surface area contributed by atoms with Gasteiger partial charge in [-0.15, -0.1) is 5.10 Å². The third kappa shape index (κ3) is 4.88. The standard InChI is InChI=1S/C28H26N6O2/c1-20-27(31-32-34(20)24-8-5-9-25(17-24)36-2)28(35)29-18-23-7-3-4-10-26(23)22-13-11-21(12-14-22)19-33-16-6-15-30-33/h3-17H,18-19H2,1-2H3,(H,29,35). The monoisotopic (exact) mass is 478 g/mol. The van der Waals surface area contributed by atoms with E-state index in [-0.39, 0.29) is 5.91 Å². The van der Waals surface area contributed by atoms with Crippen molar-refractivity contribution < 1.29 is 9.53 Å². The average Bonchev–Trinajstić information content (AvgIpc) is 3.57. The summed E-state index contributed by atoms with van der Waals surface area (Å²) in [6.07, 6.45) is 3.72. The van der Waals surface area contributed by atoms with Crippen LogP contribution in [0.1, 0.15) is 27.3 Å². The van der Waals surface area contributed by atoms with E-state index in [0.29, 0.717) is 23.7 Å². The SMILES string of the molecule is COc1cccc(-n2nnc(C(=O)NCc3ccccc3-c3ccc(Cn4cccn4)cc3)c2C)c1. The lowest BCUT2D eigenvalue weighted by molar-refractivity contribution is 0.0945. The summed E-state index contributed by atoms with van der Waals surface area (Å²) in [7, 11) is 1.61. The Kier molecular flexibility index (Phi) is 6.57. The van der Waals surface area contributed by atoms with E-state index in [2.05, 4.69) is 51.1 Å². The van der Waals surface area contributed by atoms with E-state index in [4.69, 9.17) is 4.74 Å². The van der Waals surface area contributed by atoms with E-state index in [1.807, 2.05) is 66.3 Å². The van der Waals surface area contributed by atoms with Crippen molar-refractivity contribution in [1.29, 1.82) is 0 Å². The molecule has 0 fully saturated rings. The predicted octanol–water partition coefficient (Wildman–Crippen LogP) is 4.43. The Morgan fingerprint density at radius 1 is 1.00 bits per heavy atom. The van der Waals surface area contributed by atoms with Crippen LogP contribution in [0.5, 0.6) is 5.75 Å². The van der Waals surface area contributed by atoms with Gasteiger partial charge in [0.1, 0.15) is 5.75 Å². The fourth-order valence-electron chi connectivity index (χ4n) is 4.11. The molecule has 2 heterocycles. The predicted molar refractivity (Wildman–Crippen MR) is 137 cm³/mol. The summed E-state index contributed by atoms with van der Waals surface area (Å²) >= 11 is 0. The van der Waals surface area contributed by atoms with E-state index in [1.165, 1.54) is 5.56 Å². The molecule has 0 aliphatic heterocycles. The van der Waals surface area contributed by atoms with Gasteiger partial charge in [0.15, 0.2) is 5.69 Å². The molecule has 1 N–H and O–H groups in total. The Hall–Kier alpha value is -4.72. The minimum atomic E-state index is -0.272. The van der Waals surface area contributed by atoms with Crippen LogP contribution in [0.4, 0.5) is 0 Å². The van der Waals surface area contributed by atoms with Gasteiger partial charge in [-0.2, -0.15) is 5.10 Å². The van der Waals surface area contributed by atoms with E-state index in [0.717, 1.165) is 28.9 Å². The number of hydrogen-bond donors (Lipinski definition) is 1. The second-order valence-corrected chi connectivity index (χ2v) is 8.38. The van der Waals surface area contributed by atoms with Gasteiger partial charge in [0, 0.05) is 25.0 Å². The Morgan fingerprint density at radius 2 is 1.83 bits per heavy atom. The smallest absolute Gasteiger partial charge is 0.274 e. The third-order valence-corrected chi connectivity index (χ3v) is 6.03. The zero-order valence-electron chi connectivity index (χ0n) is 20.1. The zero-order valence-corrected chi connectivity index (χ0v) is 20.1. The molecule has 1 amide bonds. The zero-order chi connectivity index (χ0) is 24.9. The topological polar surface area (TPSA) is 86.9 Å². The average molecular weight is 479 g/mol. The number of hydrogen-bond acceptors (Lipinski definition) is 5. The number of benzene rings is 3. The maximum atomic E-state index is 13.0. The summed E-state index contributed by atoms with van der Waals surface area (Å²) in [5.41, 5.74) is 6.07. The van der Waals surface area contributed by atoms with Crippen molar-refractivity contribution >= 4 is 5.91 Å². The first-order valence-electron chi connectivity index (χ1n) is 11.6. The van der Waals surface area contributed by atoms with Gasteiger partial charge in [0.25, 0.3) is 5.91 Å². The van der Waals surface area contributed by atoms with Gasteiger partial charge in [-0.3, -0.25) is 9.48 Å². The Morgan fingerprint density at radius 3 is 2.61 bits per heavy atom. The molecule has 36 heavy (non-hydrogen) atoms. The first kappa shape index (κ1) is 23.0. The van der Waals surface area contributed by atoms with Crippen LogP contribution in [0, 0.1) is 6.92 Å². The molecule has 3 aromatic carbocycles. The van der Waals surface area contributed by atoms with Gasteiger partial charge in [0.2, 0.25) is 0 Å². The number of amides is 1. The maximum absolute atomic E-state index is 13.0. The summed E-state index contributed by atoms with van der Waals surface area (Å²) in [5, 5.41) is 15.6. The minimum Gasteiger partial charge on any atom is -0.497 e. The summed E-state index contributed by atoms with van der Waals surface area (Å²) < 4.78 is 8.82. The number of carbonyl (C=O) groups is 1. The summed E-state index contributed by atoms with van der Waals surface area (Å²) in [6, 6.07) is 25.9. The lowest BCUT2D eigenvalue weighted by atomic mass is 9.98. The van der Waals surface area contributed by atoms with Gasteiger partial charge < -0.3 is 10.1 Å². The second-order valence-electron chi connectivity index (χ2n) is 8.38. The summed E-state index contributed by atoms with van der Waals surface area (Å²) in [4.78, 5) is 13.0. The number of ether oxygens (including phenoxy) is 1. The highest BCUT2D eigenvalue weighted by atomic mass is 16.5. The van der Waals surface area contributed by atoms with Crippen molar-refractivity contribution in [2.75, 3.05) is 7.11 Å². The first-order valence-corrected chi connectivity index (χ1v) is 11.6. The summed E-state index contributed by atoms with van der Waals surface area (Å²) in [6.45, 7) is 2.92. The first-order chi connectivity index (χ1) is 17.6. The molecule has 0 saturated heterocycles. The van der Waals surface area contributed by atoms with Gasteiger partial charge in [-0.05, 0) is 47.4 Å². The molecular weight excluding hydrogens is 452 g/mol. The van der Waals surface area contributed by atoms with Crippen LogP contribution < -0.4 is 10.1 Å². The molecular formula is C28H26N6O2. The fourth-order valence-corrected chi connectivity index (χ4v) is 4.11. The van der Waals surface area contributed by atoms with E-state index >= 15 is 0 Å². The van der Waals surface area contributed by atoms with E-state index in [1.54, 1.807) is 18.0 Å². The van der Waals surface area contributed by atoms with Crippen LogP contribution >= 0.6 is 0 Å². The number of aromatic nitrogens is 5. The number of carbonyl (C=O) groups excluding carboxylic acids is 1. The van der Waals surface area contributed by atoms with E-state index in [9.17, 15) is 4.79 Å². The van der Waals surface area contributed by atoms with Crippen LogP contribution in [0.25, 0.3) is 16.8 Å². The molecule has 8 nitrogen and oxygen atoms in total. The van der Waals surface area contributed by atoms with Gasteiger partial charge in [-0.25, -0.2) is 4.68 Å². The van der Waals surface area contributed by atoms with Gasteiger partial charge in [-0.1, -0.05) is 59.8 Å². The highest BCUT2D eigenvalue weighted by Gasteiger charge is 2.18. The molecule has 0 bridgehead atoms. The minimum absolute atomic E-state index is 0.272. The van der Waals surface area contributed by atoms with Crippen LogP contribution in [0.3, 0.4) is 0 Å². The number of nitrogens with zero attached hydrogens (tertiary/aromatic N) is 5. The molecule has 0 saturated carbocycles. The van der Waals surface area contributed by atoms with Crippen LogP contribution in [-0.2, 0) is 13.1 Å². The van der Waals surface area contributed by atoms with Crippen molar-refractivity contribution in [2.45, 2.75) is 20.0 Å². The normalized spacial score (nSPS) is 10.8. The third-order valence-electron chi connectivity index (χ3n) is 6.03. The Labute approximate surface area is 209 Å². The van der Waals surface area contributed by atoms with Gasteiger partial charge in [0.05, 0.1) is 25.0 Å². The number of nitrogens with one attached hydrogen (secondary N) is 1. The molecule has 0 unspecified atom stereocenters. The highest BCUT2D eigenvalue weighted by molar-refractivity contribution is 5.93. The molecule has 2 aromatic heterocycles. The lowest BCUT2D eigenvalue weighted by Gasteiger charge is -2.12. The molecule has 0 aliphatic rings. The number of rotatable bonds is 8. The molecule has 5 rings (SSSR count). The Balaban J connectivity index is 1.30. The maximum Gasteiger partial charge on any atom is 0.274 e. The lowest BCUT2D eigenvalue weighted by Crippen LogP contribution is -2.24. The molecule has 0 radical (unpaired) electrons. The Bertz CT molecular complexity index is 1470. The largest absolute Gasteiger partial charge is 0.497 e. The van der Waals surface area contributed by atoms with Crippen LogP contribution in [-0.4, -0.2) is 37.8 Å². The fraction of sp³-hybridized carbons (Fsp3) is 0.143. The molecule has 8 heteroatoms. The van der Waals surface area contributed by atoms with Gasteiger partial charge >= 0.3 is 0 Å². The molecule has 0 spiro atoms. The van der Waals surface area contributed by atoms with Crippen molar-refractivity contribution in [3.63, 3.8) is 0 Å². The molecule has 180 valence electrons. The second kappa shape index (κ2) is 10.3. The van der Waals surface area contributed by atoms with Crippen molar-refractivity contribution in [1.82, 2.24) is 30.1 Å². The molecule has 0 atom stereocenters. The van der Waals surface area contributed by atoms with Crippen molar-refractivity contribution in [2.24, 2.45) is 0 Å². The molecule has 0 aliphatic carbocycles. The van der Waals surface area contributed by atoms with Crippen LogP contribution in [0.2, 0.25) is 0 Å². The van der Waals surface area contributed by atoms with Crippen LogP contribution in [0.15, 0.2) is 91.3 Å². The molecule has 5 aromatic rings. The summed E-state index contributed by atoms with van der Waals surface area (Å²) in [5.74, 6) is 0.436. The highest BCUT2D eigenvalue weighted by Crippen LogP contribution is 2.25. The van der Waals surface area contributed by atoms with Crippen molar-refractivity contribution in [3.8, 4) is 22.6 Å². The van der Waals surface area contributed by atoms with E-state index < -0.39 is 0 Å². The quantitative estimate of drug-likeness (QED) is 0.357. The van der Waals surface area contributed by atoms with Crippen molar-refractivity contribution in [3.05, 3.63) is 114 Å².